The number of aliphatic hydroxyl groups is 1. The molecule has 0 amide bonds. The molecule has 138 valence electrons. The third-order valence-corrected chi connectivity index (χ3v) is 4.84. The van der Waals surface area contributed by atoms with Crippen LogP contribution in [0, 0.1) is 5.92 Å². The number of carbonyl (C=O) groups excluding carboxylic acids is 1. The molecular weight excluding hydrogens is 370 g/mol. The van der Waals surface area contributed by atoms with Crippen LogP contribution in [0.1, 0.15) is 39.2 Å². The average Bonchev–Trinajstić information content (AvgIpc) is 2.55. The summed E-state index contributed by atoms with van der Waals surface area (Å²) in [5, 5.41) is 10.5. The minimum atomic E-state index is -0.747. The van der Waals surface area contributed by atoms with Gasteiger partial charge < -0.3 is 31.3 Å². The monoisotopic (exact) mass is 401 g/mol. The predicted octanol–water partition coefficient (Wildman–Crippen LogP) is -0.179. The number of rotatable bonds is 9. The number of aliphatic hydroxyl groups excluding tert-OH is 1. The van der Waals surface area contributed by atoms with Gasteiger partial charge in [0.15, 0.2) is 0 Å². The van der Waals surface area contributed by atoms with Crippen molar-refractivity contribution in [2.24, 2.45) is 5.92 Å². The minimum absolute atomic E-state index is 0. The van der Waals surface area contributed by atoms with Crippen molar-refractivity contribution in [3.63, 3.8) is 0 Å². The van der Waals surface area contributed by atoms with Crippen molar-refractivity contribution in [1.29, 1.82) is 0 Å². The van der Waals surface area contributed by atoms with E-state index in [2.05, 4.69) is 20.9 Å². The standard InChI is InChI=1S/C19H32NO3.BrH/c1-6-20(5,7-2)13-14-23-19(22)17(18(21)15(3)4)16-11-9-8-10-12-16;/h8-12,15,17-18,21H,6-7,13-14H2,1-5H3;1H/q+1;/p-1. The van der Waals surface area contributed by atoms with Gasteiger partial charge in [0.1, 0.15) is 19.1 Å². The van der Waals surface area contributed by atoms with E-state index in [1.54, 1.807) is 0 Å². The third-order valence-electron chi connectivity index (χ3n) is 4.84. The summed E-state index contributed by atoms with van der Waals surface area (Å²) in [4.78, 5) is 12.6. The Bertz CT molecular complexity index is 475. The number of likely N-dealkylation sites (N-methyl/N-ethyl adjacent to an activating group) is 1. The number of carbonyl (C=O) groups is 1. The molecule has 5 heteroatoms. The second kappa shape index (κ2) is 10.9. The number of benzene rings is 1. The Morgan fingerprint density at radius 2 is 1.71 bits per heavy atom. The highest BCUT2D eigenvalue weighted by molar-refractivity contribution is 5.79. The van der Waals surface area contributed by atoms with Crippen molar-refractivity contribution in [1.82, 2.24) is 0 Å². The summed E-state index contributed by atoms with van der Waals surface area (Å²) >= 11 is 0. The molecule has 0 heterocycles. The van der Waals surface area contributed by atoms with Crippen molar-refractivity contribution in [3.05, 3.63) is 35.9 Å². The molecule has 1 rings (SSSR count). The van der Waals surface area contributed by atoms with Crippen LogP contribution >= 0.6 is 0 Å². The zero-order valence-corrected chi connectivity index (χ0v) is 17.1. The van der Waals surface area contributed by atoms with E-state index >= 15 is 0 Å². The Kier molecular flexibility index (Phi) is 10.4. The Balaban J connectivity index is 0.00000529. The van der Waals surface area contributed by atoms with Crippen molar-refractivity contribution >= 4 is 5.97 Å². The summed E-state index contributed by atoms with van der Waals surface area (Å²) in [6.07, 6.45) is -0.747. The summed E-state index contributed by atoms with van der Waals surface area (Å²) in [5.74, 6) is -0.977. The first-order valence-corrected chi connectivity index (χ1v) is 8.57. The first-order chi connectivity index (χ1) is 10.8. The smallest absolute Gasteiger partial charge is 0.316 e. The molecule has 0 spiro atoms. The molecule has 0 bridgehead atoms. The molecule has 2 atom stereocenters. The quantitative estimate of drug-likeness (QED) is 0.461. The molecule has 1 aromatic rings. The molecule has 0 aliphatic heterocycles. The van der Waals surface area contributed by atoms with Gasteiger partial charge in [-0.15, -0.1) is 0 Å². The fourth-order valence-corrected chi connectivity index (χ4v) is 2.51. The lowest BCUT2D eigenvalue weighted by Crippen LogP contribution is -3.00. The molecule has 2 unspecified atom stereocenters. The molecule has 0 aliphatic rings. The van der Waals surface area contributed by atoms with Crippen molar-refractivity contribution in [3.8, 4) is 0 Å². The maximum Gasteiger partial charge on any atom is 0.316 e. The van der Waals surface area contributed by atoms with Crippen molar-refractivity contribution in [2.75, 3.05) is 33.3 Å². The van der Waals surface area contributed by atoms with Crippen LogP contribution in [0.25, 0.3) is 0 Å². The molecule has 0 saturated heterocycles. The molecule has 0 aliphatic carbocycles. The van der Waals surface area contributed by atoms with E-state index in [9.17, 15) is 9.90 Å². The van der Waals surface area contributed by atoms with E-state index < -0.39 is 12.0 Å². The van der Waals surface area contributed by atoms with Crippen LogP contribution in [0.3, 0.4) is 0 Å². The summed E-state index contributed by atoms with van der Waals surface area (Å²) in [6, 6.07) is 9.40. The van der Waals surface area contributed by atoms with Crippen LogP contribution in [-0.2, 0) is 9.53 Å². The summed E-state index contributed by atoms with van der Waals surface area (Å²) in [5.41, 5.74) is 0.807. The molecule has 24 heavy (non-hydrogen) atoms. The molecule has 0 radical (unpaired) electrons. The number of nitrogens with zero attached hydrogens (tertiary/aromatic N) is 1. The summed E-state index contributed by atoms with van der Waals surface area (Å²) in [6.45, 7) is 11.3. The van der Waals surface area contributed by atoms with Gasteiger partial charge in [-0.25, -0.2) is 0 Å². The van der Waals surface area contributed by atoms with Gasteiger partial charge in [-0.05, 0) is 25.3 Å². The zero-order valence-electron chi connectivity index (χ0n) is 15.5. The molecule has 0 fully saturated rings. The third kappa shape index (κ3) is 6.54. The molecular formula is C19H32BrNO3. The van der Waals surface area contributed by atoms with Crippen LogP contribution in [-0.4, -0.2) is 55.0 Å². The SMILES string of the molecule is CC[N+](C)(CC)CCOC(=O)C(c1ccccc1)C(O)C(C)C.[Br-]. The van der Waals surface area contributed by atoms with Crippen LogP contribution < -0.4 is 17.0 Å². The Hall–Kier alpha value is -0.910. The number of quaternary nitrogens is 1. The Morgan fingerprint density at radius 3 is 2.17 bits per heavy atom. The summed E-state index contributed by atoms with van der Waals surface area (Å²) < 4.78 is 6.39. The van der Waals surface area contributed by atoms with E-state index in [0.717, 1.165) is 29.7 Å². The molecule has 1 aromatic carbocycles. The van der Waals surface area contributed by atoms with Gasteiger partial charge in [0, 0.05) is 0 Å². The lowest BCUT2D eigenvalue weighted by atomic mass is 9.87. The maximum absolute atomic E-state index is 12.6. The van der Waals surface area contributed by atoms with Crippen LogP contribution in [0.5, 0.6) is 0 Å². The fourth-order valence-electron chi connectivity index (χ4n) is 2.51. The normalized spacial score (nSPS) is 14.0. The van der Waals surface area contributed by atoms with E-state index in [1.165, 1.54) is 0 Å². The molecule has 0 saturated carbocycles. The number of hydrogen-bond donors (Lipinski definition) is 1. The van der Waals surface area contributed by atoms with Crippen molar-refractivity contribution in [2.45, 2.75) is 39.7 Å². The maximum atomic E-state index is 12.6. The number of halogens is 1. The topological polar surface area (TPSA) is 46.5 Å². The van der Waals surface area contributed by atoms with E-state index in [0.29, 0.717) is 6.61 Å². The van der Waals surface area contributed by atoms with Crippen LogP contribution in [0.15, 0.2) is 30.3 Å². The van der Waals surface area contributed by atoms with Gasteiger partial charge in [0.25, 0.3) is 0 Å². The predicted molar refractivity (Wildman–Crippen MR) is 93.1 cm³/mol. The van der Waals surface area contributed by atoms with Gasteiger partial charge in [-0.3, -0.25) is 4.79 Å². The van der Waals surface area contributed by atoms with Gasteiger partial charge in [-0.1, -0.05) is 44.2 Å². The average molecular weight is 402 g/mol. The lowest BCUT2D eigenvalue weighted by molar-refractivity contribution is -0.906. The van der Waals surface area contributed by atoms with Crippen molar-refractivity contribution < 1.29 is 36.1 Å². The van der Waals surface area contributed by atoms with Crippen LogP contribution in [0.4, 0.5) is 0 Å². The highest BCUT2D eigenvalue weighted by Crippen LogP contribution is 2.26. The number of hydrogen-bond acceptors (Lipinski definition) is 3. The molecule has 0 aromatic heterocycles. The number of esters is 1. The Morgan fingerprint density at radius 1 is 1.17 bits per heavy atom. The van der Waals surface area contributed by atoms with Gasteiger partial charge in [0.05, 0.1) is 26.2 Å². The van der Waals surface area contributed by atoms with E-state index in [-0.39, 0.29) is 28.9 Å². The highest BCUT2D eigenvalue weighted by atomic mass is 79.9. The molecule has 4 nitrogen and oxygen atoms in total. The minimum Gasteiger partial charge on any atom is -1.00 e. The van der Waals surface area contributed by atoms with E-state index in [4.69, 9.17) is 4.74 Å². The second-order valence-electron chi connectivity index (χ2n) is 6.77. The Labute approximate surface area is 157 Å². The number of ether oxygens (including phenoxy) is 1. The lowest BCUT2D eigenvalue weighted by Gasteiger charge is -2.32. The van der Waals surface area contributed by atoms with Gasteiger partial charge in [-0.2, -0.15) is 0 Å². The first kappa shape index (κ1) is 23.1. The van der Waals surface area contributed by atoms with Gasteiger partial charge >= 0.3 is 5.97 Å². The molecule has 1 N–H and O–H groups in total. The zero-order chi connectivity index (χ0) is 17.5. The highest BCUT2D eigenvalue weighted by Gasteiger charge is 2.32. The second-order valence-corrected chi connectivity index (χ2v) is 6.77. The van der Waals surface area contributed by atoms with Crippen LogP contribution in [0.2, 0.25) is 0 Å². The first-order valence-electron chi connectivity index (χ1n) is 8.57. The fraction of sp³-hybridized carbons (Fsp3) is 0.632. The van der Waals surface area contributed by atoms with E-state index in [1.807, 2.05) is 44.2 Å². The largest absolute Gasteiger partial charge is 1.00 e. The van der Waals surface area contributed by atoms with Gasteiger partial charge in [0.2, 0.25) is 0 Å². The summed E-state index contributed by atoms with van der Waals surface area (Å²) in [7, 11) is 2.16.